The number of piperazine rings is 1. The van der Waals surface area contributed by atoms with Crippen LogP contribution in [0.1, 0.15) is 50.3 Å². The third kappa shape index (κ3) is 4.78. The summed E-state index contributed by atoms with van der Waals surface area (Å²) in [5.41, 5.74) is 3.04. The molecule has 5 aliphatic heterocycles. The van der Waals surface area contributed by atoms with Crippen molar-refractivity contribution >= 4 is 22.5 Å². The number of alkyl halides is 3. The van der Waals surface area contributed by atoms with Gasteiger partial charge in [0, 0.05) is 48.7 Å². The molecule has 5 fully saturated rings. The first-order valence-corrected chi connectivity index (χ1v) is 16.4. The van der Waals surface area contributed by atoms with E-state index in [2.05, 4.69) is 30.1 Å². The van der Waals surface area contributed by atoms with Crippen molar-refractivity contribution in [1.29, 1.82) is 0 Å². The van der Waals surface area contributed by atoms with E-state index in [1.807, 2.05) is 6.92 Å². The fourth-order valence-corrected chi connectivity index (χ4v) is 8.62. The van der Waals surface area contributed by atoms with Crippen molar-refractivity contribution < 1.29 is 31.8 Å². The predicted octanol–water partition coefficient (Wildman–Crippen LogP) is 3.86. The molecule has 3 N–H and O–H groups in total. The Morgan fingerprint density at radius 3 is 2.70 bits per heavy atom. The lowest BCUT2D eigenvalue weighted by Crippen LogP contribution is -2.62. The molecule has 3 aromatic rings. The third-order valence-corrected chi connectivity index (χ3v) is 11.0. The lowest BCUT2D eigenvalue weighted by molar-refractivity contribution is -0.137. The maximum absolute atomic E-state index is 16.8. The van der Waals surface area contributed by atoms with Crippen LogP contribution in [0.5, 0.6) is 11.9 Å². The molecule has 1 saturated carbocycles. The van der Waals surface area contributed by atoms with Crippen molar-refractivity contribution in [3.8, 4) is 23.1 Å². The highest BCUT2D eigenvalue weighted by atomic mass is 19.4. The number of ether oxygens (including phenoxy) is 3. The van der Waals surface area contributed by atoms with Crippen LogP contribution in [0.15, 0.2) is 6.07 Å². The number of halogens is 4. The third-order valence-electron chi connectivity index (χ3n) is 11.0. The van der Waals surface area contributed by atoms with Crippen LogP contribution in [0.4, 0.5) is 29.2 Å². The standard InChI is InChI=1S/C32H36F4N8O3/c1-14-23(32(34,35)36)19(8-21(37)38-14)25-24(33)26-22-28(44-9-16-3-4-20(39-16)27(44)15(2)47-29(22)40-25)42-30(41-26)46-13-31(5-6-31)12-43-10-18-7-17(43)11-45-18/h8,15-18,20,27,39H,3-7,9-13H2,1-2H3,(H2,37,38)/t15-,16+,17+,18+,20-,27+/m0/s1. The second-order valence-corrected chi connectivity index (χ2v) is 14.3. The quantitative estimate of drug-likeness (QED) is 0.376. The zero-order chi connectivity index (χ0) is 32.4. The van der Waals surface area contributed by atoms with Crippen LogP contribution in [0.2, 0.25) is 0 Å². The number of nitrogens with two attached hydrogens (primary N) is 1. The van der Waals surface area contributed by atoms with Gasteiger partial charge >= 0.3 is 12.2 Å². The molecule has 8 heterocycles. The van der Waals surface area contributed by atoms with Crippen LogP contribution in [-0.4, -0.2) is 94.1 Å². The van der Waals surface area contributed by atoms with Gasteiger partial charge in [-0.1, -0.05) is 0 Å². The van der Waals surface area contributed by atoms with Crippen molar-refractivity contribution in [2.24, 2.45) is 5.41 Å². The SMILES string of the molecule is Cc1nc(N)cc(-c2nc3c4c(nc(OCC5(CN6C[C@H]7C[C@@H]6CO7)CC5)nc4c2F)N2C[C@H]4CC[C@H](N4)[C@H]2[C@H](C)O3)c1C(F)(F)F. The summed E-state index contributed by atoms with van der Waals surface area (Å²) in [4.78, 5) is 22.2. The lowest BCUT2D eigenvalue weighted by atomic mass is 9.99. The molecular weight excluding hydrogens is 620 g/mol. The van der Waals surface area contributed by atoms with E-state index >= 15 is 4.39 Å². The molecule has 11 nitrogen and oxygen atoms in total. The van der Waals surface area contributed by atoms with Crippen molar-refractivity contribution in [3.63, 3.8) is 0 Å². The van der Waals surface area contributed by atoms with Crippen LogP contribution in [0.25, 0.3) is 22.2 Å². The molecule has 0 amide bonds. The minimum absolute atomic E-state index is 0.0206. The van der Waals surface area contributed by atoms with Gasteiger partial charge in [0.2, 0.25) is 5.88 Å². The lowest BCUT2D eigenvalue weighted by Gasteiger charge is -2.42. The highest BCUT2D eigenvalue weighted by molar-refractivity contribution is 5.97. The van der Waals surface area contributed by atoms with Crippen LogP contribution in [0.3, 0.4) is 0 Å². The molecule has 4 saturated heterocycles. The maximum atomic E-state index is 16.8. The number of morpholine rings is 1. The molecule has 15 heteroatoms. The summed E-state index contributed by atoms with van der Waals surface area (Å²) in [6.07, 6.45) is -0.0482. The number of nitrogens with one attached hydrogen (secondary N) is 1. The number of nitrogens with zero attached hydrogens (tertiary/aromatic N) is 6. The highest BCUT2D eigenvalue weighted by Crippen LogP contribution is 2.49. The van der Waals surface area contributed by atoms with E-state index in [9.17, 15) is 13.2 Å². The number of aryl methyl sites for hydroxylation is 1. The Morgan fingerprint density at radius 1 is 1.15 bits per heavy atom. The molecule has 0 radical (unpaired) electrons. The summed E-state index contributed by atoms with van der Waals surface area (Å²) in [6, 6.07) is 1.53. The number of rotatable bonds is 6. The van der Waals surface area contributed by atoms with E-state index in [0.29, 0.717) is 31.1 Å². The molecule has 0 spiro atoms. The first-order chi connectivity index (χ1) is 22.5. The van der Waals surface area contributed by atoms with Crippen LogP contribution >= 0.6 is 0 Å². The van der Waals surface area contributed by atoms with E-state index in [0.717, 1.165) is 57.9 Å². The second-order valence-electron chi connectivity index (χ2n) is 14.3. The Labute approximate surface area is 268 Å². The fourth-order valence-electron chi connectivity index (χ4n) is 8.62. The van der Waals surface area contributed by atoms with Gasteiger partial charge in [0.15, 0.2) is 5.82 Å². The van der Waals surface area contributed by atoms with Crippen molar-refractivity contribution in [1.82, 2.24) is 30.2 Å². The molecule has 1 aliphatic carbocycles. The van der Waals surface area contributed by atoms with E-state index in [4.69, 9.17) is 24.9 Å². The summed E-state index contributed by atoms with van der Waals surface area (Å²) >= 11 is 0. The maximum Gasteiger partial charge on any atom is 0.418 e. The topological polar surface area (TPSA) is 124 Å². The summed E-state index contributed by atoms with van der Waals surface area (Å²) in [6.45, 7) is 6.58. The van der Waals surface area contributed by atoms with Crippen molar-refractivity contribution in [2.45, 2.75) is 88.5 Å². The minimum atomic E-state index is -4.85. The van der Waals surface area contributed by atoms with Gasteiger partial charge in [0.05, 0.1) is 36.6 Å². The van der Waals surface area contributed by atoms with Gasteiger partial charge in [-0.15, -0.1) is 0 Å². The Kier molecular flexibility index (Phi) is 6.43. The van der Waals surface area contributed by atoms with E-state index in [-0.39, 0.29) is 57.8 Å². The van der Waals surface area contributed by atoms with Gasteiger partial charge in [0.1, 0.15) is 34.3 Å². The van der Waals surface area contributed by atoms with Crippen molar-refractivity contribution in [3.05, 3.63) is 23.1 Å². The van der Waals surface area contributed by atoms with E-state index in [1.54, 1.807) is 0 Å². The highest BCUT2D eigenvalue weighted by Gasteiger charge is 2.50. The van der Waals surface area contributed by atoms with Gasteiger partial charge in [-0.05, 0) is 52.0 Å². The van der Waals surface area contributed by atoms with Gasteiger partial charge in [-0.2, -0.15) is 23.1 Å². The Balaban J connectivity index is 1.17. The van der Waals surface area contributed by atoms with Crippen LogP contribution < -0.4 is 25.4 Å². The molecule has 0 aromatic carbocycles. The zero-order valence-corrected chi connectivity index (χ0v) is 26.1. The molecule has 3 aromatic heterocycles. The first-order valence-electron chi connectivity index (χ1n) is 16.4. The first kappa shape index (κ1) is 29.6. The molecule has 0 unspecified atom stereocenters. The number of anilines is 2. The average molecular weight is 657 g/mol. The van der Waals surface area contributed by atoms with Gasteiger partial charge in [0.25, 0.3) is 0 Å². The van der Waals surface area contributed by atoms with Crippen LogP contribution in [-0.2, 0) is 10.9 Å². The number of nitrogen functional groups attached to an aromatic ring is 1. The number of aromatic nitrogens is 4. The zero-order valence-electron chi connectivity index (χ0n) is 26.1. The van der Waals surface area contributed by atoms with Crippen molar-refractivity contribution in [2.75, 3.05) is 43.5 Å². The van der Waals surface area contributed by atoms with Gasteiger partial charge in [-0.3, -0.25) is 4.90 Å². The molecular formula is C32H36F4N8O3. The summed E-state index contributed by atoms with van der Waals surface area (Å²) in [5, 5.41) is 3.87. The smallest absolute Gasteiger partial charge is 0.418 e. The van der Waals surface area contributed by atoms with E-state index in [1.165, 1.54) is 6.92 Å². The molecule has 9 rings (SSSR count). The number of fused-ring (bicyclic) bond motifs is 7. The number of likely N-dealkylation sites (tertiary alicyclic amines) is 1. The molecule has 6 atom stereocenters. The number of hydrogen-bond donors (Lipinski definition) is 2. The number of pyridine rings is 2. The van der Waals surface area contributed by atoms with Crippen LogP contribution in [0, 0.1) is 18.2 Å². The summed E-state index contributed by atoms with van der Waals surface area (Å²) in [5.74, 6) is -0.825. The summed E-state index contributed by atoms with van der Waals surface area (Å²) in [7, 11) is 0. The minimum Gasteiger partial charge on any atom is -0.472 e. The average Bonchev–Trinajstić information content (AvgIpc) is 3.28. The Morgan fingerprint density at radius 2 is 1.98 bits per heavy atom. The fraction of sp³-hybridized carbons (Fsp3) is 0.625. The molecule has 250 valence electrons. The van der Waals surface area contributed by atoms with Gasteiger partial charge in [-0.25, -0.2) is 14.4 Å². The second kappa shape index (κ2) is 10.2. The Hall–Kier alpha value is -3.56. The predicted molar refractivity (Wildman–Crippen MR) is 163 cm³/mol. The normalized spacial score (nSPS) is 30.4. The Bertz CT molecular complexity index is 1790. The van der Waals surface area contributed by atoms with E-state index < -0.39 is 34.9 Å². The molecule has 6 aliphatic rings. The molecule has 4 bridgehead atoms. The monoisotopic (exact) mass is 656 g/mol. The van der Waals surface area contributed by atoms with Gasteiger partial charge < -0.3 is 30.2 Å². The number of hydrogen-bond acceptors (Lipinski definition) is 11. The summed E-state index contributed by atoms with van der Waals surface area (Å²) < 4.78 is 78.5. The molecule has 47 heavy (non-hydrogen) atoms. The largest absolute Gasteiger partial charge is 0.472 e.